The molecule has 3 aromatic rings. The fourth-order valence-corrected chi connectivity index (χ4v) is 2.54. The van der Waals surface area contributed by atoms with Gasteiger partial charge in [-0.25, -0.2) is 9.97 Å². The number of hydrogen-bond acceptors (Lipinski definition) is 3. The van der Waals surface area contributed by atoms with Crippen molar-refractivity contribution in [3.63, 3.8) is 0 Å². The van der Waals surface area contributed by atoms with Crippen molar-refractivity contribution in [1.29, 1.82) is 0 Å². The molecule has 0 radical (unpaired) electrons. The molecule has 1 heterocycles. The van der Waals surface area contributed by atoms with E-state index in [2.05, 4.69) is 15.3 Å². The number of hydrogen-bond donors (Lipinski definition) is 1. The molecule has 1 amide bonds. The minimum atomic E-state index is -0.331. The average molecular weight is 344 g/mol. The molecular formula is C17H11Cl2N3O. The molecule has 1 N–H and O–H groups in total. The molecule has 0 fully saturated rings. The molecule has 0 aliphatic carbocycles. The SMILES string of the molecule is O=C(Nc1cc(Cl)cc(Cl)c1)c1cnc(-c2ccccc2)nc1. The van der Waals surface area contributed by atoms with Crippen molar-refractivity contribution in [3.05, 3.63) is 76.5 Å². The molecule has 0 aliphatic rings. The molecule has 2 aromatic carbocycles. The summed E-state index contributed by atoms with van der Waals surface area (Å²) in [6.07, 6.45) is 2.97. The Morgan fingerprint density at radius 3 is 2.13 bits per heavy atom. The Hall–Kier alpha value is -2.43. The van der Waals surface area contributed by atoms with E-state index in [0.717, 1.165) is 5.56 Å². The van der Waals surface area contributed by atoms with Crippen molar-refractivity contribution in [2.45, 2.75) is 0 Å². The molecule has 4 nitrogen and oxygen atoms in total. The highest BCUT2D eigenvalue weighted by atomic mass is 35.5. The third kappa shape index (κ3) is 3.86. The third-order valence-electron chi connectivity index (χ3n) is 3.07. The molecule has 1 aromatic heterocycles. The van der Waals surface area contributed by atoms with E-state index in [0.29, 0.717) is 27.1 Å². The summed E-state index contributed by atoms with van der Waals surface area (Å²) in [6.45, 7) is 0. The fraction of sp³-hybridized carbons (Fsp3) is 0. The van der Waals surface area contributed by atoms with Gasteiger partial charge >= 0.3 is 0 Å². The van der Waals surface area contributed by atoms with Gasteiger partial charge in [0.1, 0.15) is 0 Å². The molecular weight excluding hydrogens is 333 g/mol. The molecule has 0 bridgehead atoms. The zero-order valence-corrected chi connectivity index (χ0v) is 13.3. The van der Waals surface area contributed by atoms with Crippen molar-refractivity contribution in [1.82, 2.24) is 9.97 Å². The van der Waals surface area contributed by atoms with Crippen molar-refractivity contribution in [3.8, 4) is 11.4 Å². The van der Waals surface area contributed by atoms with Gasteiger partial charge in [0.15, 0.2) is 5.82 Å². The van der Waals surface area contributed by atoms with Gasteiger partial charge in [0, 0.05) is 33.7 Å². The van der Waals surface area contributed by atoms with Crippen LogP contribution in [0.5, 0.6) is 0 Å². The molecule has 0 unspecified atom stereocenters. The first kappa shape index (κ1) is 15.5. The van der Waals surface area contributed by atoms with Crippen molar-refractivity contribution < 1.29 is 4.79 Å². The summed E-state index contributed by atoms with van der Waals surface area (Å²) >= 11 is 11.8. The molecule has 0 saturated carbocycles. The molecule has 23 heavy (non-hydrogen) atoms. The first-order chi connectivity index (χ1) is 11.1. The number of amides is 1. The number of rotatable bonds is 3. The van der Waals surface area contributed by atoms with E-state index < -0.39 is 0 Å². The van der Waals surface area contributed by atoms with Crippen LogP contribution in [0.15, 0.2) is 60.9 Å². The standard InChI is InChI=1S/C17H11Cl2N3O/c18-13-6-14(19)8-15(7-13)22-17(23)12-9-20-16(21-10-12)11-4-2-1-3-5-11/h1-10H,(H,22,23). The molecule has 0 aliphatic heterocycles. The van der Waals surface area contributed by atoms with Crippen LogP contribution in [0, 0.1) is 0 Å². The predicted molar refractivity (Wildman–Crippen MR) is 91.9 cm³/mol. The van der Waals surface area contributed by atoms with Gasteiger partial charge in [-0.3, -0.25) is 4.79 Å². The van der Waals surface area contributed by atoms with Crippen molar-refractivity contribution in [2.75, 3.05) is 5.32 Å². The van der Waals surface area contributed by atoms with Crippen LogP contribution in [0.4, 0.5) is 5.69 Å². The third-order valence-corrected chi connectivity index (χ3v) is 3.50. The van der Waals surface area contributed by atoms with Crippen LogP contribution in [-0.4, -0.2) is 15.9 Å². The number of carbonyl (C=O) groups is 1. The van der Waals surface area contributed by atoms with Gasteiger partial charge in [-0.1, -0.05) is 53.5 Å². The second-order valence-electron chi connectivity index (χ2n) is 4.77. The smallest absolute Gasteiger partial charge is 0.258 e. The van der Waals surface area contributed by atoms with E-state index >= 15 is 0 Å². The van der Waals surface area contributed by atoms with E-state index in [9.17, 15) is 4.79 Å². The van der Waals surface area contributed by atoms with E-state index in [1.54, 1.807) is 18.2 Å². The second-order valence-corrected chi connectivity index (χ2v) is 5.65. The maximum atomic E-state index is 12.2. The number of carbonyl (C=O) groups excluding carboxylic acids is 1. The van der Waals surface area contributed by atoms with Crippen LogP contribution in [-0.2, 0) is 0 Å². The summed E-state index contributed by atoms with van der Waals surface area (Å²) < 4.78 is 0. The van der Waals surface area contributed by atoms with Crippen LogP contribution in [0.2, 0.25) is 10.0 Å². The molecule has 114 valence electrons. The molecule has 3 rings (SSSR count). The van der Waals surface area contributed by atoms with E-state index in [4.69, 9.17) is 23.2 Å². The van der Waals surface area contributed by atoms with Gasteiger partial charge in [-0.2, -0.15) is 0 Å². The highest BCUT2D eigenvalue weighted by Crippen LogP contribution is 2.23. The van der Waals surface area contributed by atoms with E-state index in [-0.39, 0.29) is 5.91 Å². The van der Waals surface area contributed by atoms with Crippen molar-refractivity contribution in [2.24, 2.45) is 0 Å². The van der Waals surface area contributed by atoms with Crippen LogP contribution < -0.4 is 5.32 Å². The lowest BCUT2D eigenvalue weighted by Crippen LogP contribution is -2.12. The Kier molecular flexibility index (Phi) is 4.55. The van der Waals surface area contributed by atoms with Gasteiger partial charge in [-0.05, 0) is 18.2 Å². The monoisotopic (exact) mass is 343 g/mol. The van der Waals surface area contributed by atoms with Gasteiger partial charge in [0.25, 0.3) is 5.91 Å². The van der Waals surface area contributed by atoms with Gasteiger partial charge in [-0.15, -0.1) is 0 Å². The molecule has 0 spiro atoms. The quantitative estimate of drug-likeness (QED) is 0.749. The molecule has 6 heteroatoms. The predicted octanol–water partition coefficient (Wildman–Crippen LogP) is 4.70. The minimum Gasteiger partial charge on any atom is -0.322 e. The Morgan fingerprint density at radius 1 is 0.913 bits per heavy atom. The van der Waals surface area contributed by atoms with E-state index in [1.807, 2.05) is 30.3 Å². The Labute approximate surface area is 143 Å². The van der Waals surface area contributed by atoms with Gasteiger partial charge in [0.2, 0.25) is 0 Å². The van der Waals surface area contributed by atoms with Crippen LogP contribution in [0.3, 0.4) is 0 Å². The number of anilines is 1. The van der Waals surface area contributed by atoms with Gasteiger partial charge < -0.3 is 5.32 Å². The Bertz CT molecular complexity index is 816. The maximum Gasteiger partial charge on any atom is 0.258 e. The molecule has 0 saturated heterocycles. The summed E-state index contributed by atoms with van der Waals surface area (Å²) in [7, 11) is 0. The minimum absolute atomic E-state index is 0.331. The number of aromatic nitrogens is 2. The lowest BCUT2D eigenvalue weighted by atomic mass is 10.2. The summed E-state index contributed by atoms with van der Waals surface area (Å²) in [6, 6.07) is 14.4. The second kappa shape index (κ2) is 6.77. The number of halogens is 2. The topological polar surface area (TPSA) is 54.9 Å². The maximum absolute atomic E-state index is 12.2. The summed E-state index contributed by atoms with van der Waals surface area (Å²) in [5, 5.41) is 3.61. The van der Waals surface area contributed by atoms with Crippen molar-refractivity contribution >= 4 is 34.8 Å². The summed E-state index contributed by atoms with van der Waals surface area (Å²) in [4.78, 5) is 20.7. The summed E-state index contributed by atoms with van der Waals surface area (Å²) in [5.41, 5.74) is 1.75. The summed E-state index contributed by atoms with van der Waals surface area (Å²) in [5.74, 6) is 0.232. The zero-order chi connectivity index (χ0) is 16.2. The first-order valence-corrected chi connectivity index (χ1v) is 7.52. The lowest BCUT2D eigenvalue weighted by molar-refractivity contribution is 0.102. The normalized spacial score (nSPS) is 10.3. The Balaban J connectivity index is 1.78. The van der Waals surface area contributed by atoms with Crippen LogP contribution >= 0.6 is 23.2 Å². The number of nitrogens with zero attached hydrogens (tertiary/aromatic N) is 2. The fourth-order valence-electron chi connectivity index (χ4n) is 2.01. The average Bonchev–Trinajstić information content (AvgIpc) is 2.55. The zero-order valence-electron chi connectivity index (χ0n) is 11.8. The Morgan fingerprint density at radius 2 is 1.52 bits per heavy atom. The van der Waals surface area contributed by atoms with Crippen LogP contribution in [0.1, 0.15) is 10.4 Å². The first-order valence-electron chi connectivity index (χ1n) is 6.77. The molecule has 0 atom stereocenters. The highest BCUT2D eigenvalue weighted by molar-refractivity contribution is 6.35. The number of benzene rings is 2. The van der Waals surface area contributed by atoms with E-state index in [1.165, 1.54) is 12.4 Å². The van der Waals surface area contributed by atoms with Crippen LogP contribution in [0.25, 0.3) is 11.4 Å². The highest BCUT2D eigenvalue weighted by Gasteiger charge is 2.09. The van der Waals surface area contributed by atoms with Gasteiger partial charge in [0.05, 0.1) is 5.56 Å². The number of nitrogens with one attached hydrogen (secondary N) is 1. The lowest BCUT2D eigenvalue weighted by Gasteiger charge is -2.06. The largest absolute Gasteiger partial charge is 0.322 e.